The highest BCUT2D eigenvalue weighted by Gasteiger charge is 2.43. The summed E-state index contributed by atoms with van der Waals surface area (Å²) in [6, 6.07) is 14.1. The molecule has 1 N–H and O–H groups in total. The van der Waals surface area contributed by atoms with Crippen molar-refractivity contribution in [1.82, 2.24) is 20.1 Å². The van der Waals surface area contributed by atoms with Gasteiger partial charge in [0.05, 0.1) is 5.69 Å². The van der Waals surface area contributed by atoms with E-state index in [4.69, 9.17) is 4.42 Å². The van der Waals surface area contributed by atoms with E-state index in [9.17, 15) is 14.4 Å². The number of aryl methyl sites for hydroxylation is 1. The fourth-order valence-electron chi connectivity index (χ4n) is 5.41. The number of amides is 3. The molecule has 1 fully saturated rings. The third kappa shape index (κ3) is 4.75. The Balaban J connectivity index is 1.25. The molecule has 2 aromatic carbocycles. The summed E-state index contributed by atoms with van der Waals surface area (Å²) in [7, 11) is 0. The molecule has 2 aliphatic heterocycles. The van der Waals surface area contributed by atoms with Crippen LogP contribution in [0.2, 0.25) is 0 Å². The Kier molecular flexibility index (Phi) is 6.82. The molecule has 192 valence electrons. The third-order valence-corrected chi connectivity index (χ3v) is 7.34. The van der Waals surface area contributed by atoms with E-state index < -0.39 is 12.1 Å². The number of rotatable bonds is 7. The van der Waals surface area contributed by atoms with E-state index in [1.807, 2.05) is 69.3 Å². The Morgan fingerprint density at radius 1 is 1.14 bits per heavy atom. The molecule has 8 heteroatoms. The Morgan fingerprint density at radius 2 is 1.89 bits per heavy atom. The predicted molar refractivity (Wildman–Crippen MR) is 138 cm³/mol. The molecule has 5 rings (SSSR count). The number of hydrogen-bond donors (Lipinski definition) is 1. The van der Waals surface area contributed by atoms with Crippen LogP contribution in [0.5, 0.6) is 0 Å². The molecule has 2 atom stereocenters. The molecule has 0 bridgehead atoms. The van der Waals surface area contributed by atoms with Crippen LogP contribution in [-0.4, -0.2) is 51.1 Å². The molecule has 37 heavy (non-hydrogen) atoms. The van der Waals surface area contributed by atoms with Crippen molar-refractivity contribution in [1.29, 1.82) is 0 Å². The number of aromatic nitrogens is 1. The number of hydrogen-bond acceptors (Lipinski definition) is 5. The number of nitrogens with zero attached hydrogens (tertiary/aromatic N) is 3. The van der Waals surface area contributed by atoms with E-state index in [0.717, 1.165) is 34.6 Å². The van der Waals surface area contributed by atoms with Gasteiger partial charge in [-0.1, -0.05) is 56.3 Å². The van der Waals surface area contributed by atoms with Gasteiger partial charge in [-0.05, 0) is 42.9 Å². The molecule has 0 radical (unpaired) electrons. The maximum absolute atomic E-state index is 13.8. The van der Waals surface area contributed by atoms with Crippen molar-refractivity contribution in [2.75, 3.05) is 6.54 Å². The minimum absolute atomic E-state index is 0.0819. The smallest absolute Gasteiger partial charge is 0.255 e. The lowest BCUT2D eigenvalue weighted by atomic mass is 10.0. The van der Waals surface area contributed by atoms with Crippen molar-refractivity contribution >= 4 is 17.7 Å². The van der Waals surface area contributed by atoms with Crippen LogP contribution in [0.15, 0.2) is 59.3 Å². The number of nitrogens with one attached hydrogen (secondary N) is 1. The van der Waals surface area contributed by atoms with Gasteiger partial charge in [-0.15, -0.1) is 0 Å². The summed E-state index contributed by atoms with van der Waals surface area (Å²) in [5.41, 5.74) is 4.29. The van der Waals surface area contributed by atoms with Gasteiger partial charge in [-0.25, -0.2) is 4.98 Å². The maximum atomic E-state index is 13.8. The first-order valence-corrected chi connectivity index (χ1v) is 12.8. The molecule has 2 aliphatic rings. The predicted octanol–water partition coefficient (Wildman–Crippen LogP) is 3.94. The van der Waals surface area contributed by atoms with Crippen molar-refractivity contribution < 1.29 is 18.8 Å². The van der Waals surface area contributed by atoms with Crippen LogP contribution in [0.4, 0.5) is 0 Å². The lowest BCUT2D eigenvalue weighted by Crippen LogP contribution is -2.55. The monoisotopic (exact) mass is 500 g/mol. The number of oxazole rings is 1. The van der Waals surface area contributed by atoms with Gasteiger partial charge in [0, 0.05) is 30.8 Å². The van der Waals surface area contributed by atoms with Gasteiger partial charge in [0.25, 0.3) is 5.91 Å². The van der Waals surface area contributed by atoms with Crippen LogP contribution in [0.3, 0.4) is 0 Å². The van der Waals surface area contributed by atoms with E-state index in [2.05, 4.69) is 10.3 Å². The van der Waals surface area contributed by atoms with Gasteiger partial charge in [-0.3, -0.25) is 14.4 Å². The number of likely N-dealkylation sites (tertiary alicyclic amines) is 1. The summed E-state index contributed by atoms with van der Waals surface area (Å²) in [6.07, 6.45) is 2.80. The van der Waals surface area contributed by atoms with Gasteiger partial charge in [-0.2, -0.15) is 0 Å². The minimum atomic E-state index is -0.611. The van der Waals surface area contributed by atoms with Gasteiger partial charge in [0.2, 0.25) is 11.8 Å². The minimum Gasteiger partial charge on any atom is -0.443 e. The summed E-state index contributed by atoms with van der Waals surface area (Å²) in [5, 5.41) is 3.00. The van der Waals surface area contributed by atoms with Crippen LogP contribution in [0.1, 0.15) is 53.9 Å². The normalized spacial score (nSPS) is 17.8. The lowest BCUT2D eigenvalue weighted by molar-refractivity contribution is -0.143. The van der Waals surface area contributed by atoms with E-state index in [1.54, 1.807) is 9.80 Å². The number of carbonyl (C=O) groups is 3. The van der Waals surface area contributed by atoms with Crippen molar-refractivity contribution in [2.24, 2.45) is 5.92 Å². The van der Waals surface area contributed by atoms with Crippen LogP contribution in [0.25, 0.3) is 11.3 Å². The second kappa shape index (κ2) is 10.2. The first kappa shape index (κ1) is 24.7. The van der Waals surface area contributed by atoms with Crippen molar-refractivity contribution in [3.05, 3.63) is 77.3 Å². The molecule has 0 saturated carbocycles. The summed E-state index contributed by atoms with van der Waals surface area (Å²) in [4.78, 5) is 47.5. The molecule has 3 aromatic rings. The maximum Gasteiger partial charge on any atom is 0.255 e. The molecule has 2 unspecified atom stereocenters. The fourth-order valence-corrected chi connectivity index (χ4v) is 5.41. The molecule has 3 heterocycles. The van der Waals surface area contributed by atoms with E-state index >= 15 is 0 Å². The van der Waals surface area contributed by atoms with Crippen molar-refractivity contribution in [3.8, 4) is 11.3 Å². The lowest BCUT2D eigenvalue weighted by Gasteiger charge is -2.35. The fraction of sp³-hybridized carbons (Fsp3) is 0.379. The highest BCUT2D eigenvalue weighted by atomic mass is 16.3. The first-order valence-electron chi connectivity index (χ1n) is 12.8. The summed E-state index contributed by atoms with van der Waals surface area (Å²) >= 11 is 0. The average Bonchev–Trinajstić information content (AvgIpc) is 3.63. The molecule has 0 spiro atoms. The van der Waals surface area contributed by atoms with Gasteiger partial charge < -0.3 is 19.5 Å². The van der Waals surface area contributed by atoms with Crippen LogP contribution < -0.4 is 5.32 Å². The average molecular weight is 501 g/mol. The third-order valence-electron chi connectivity index (χ3n) is 7.34. The van der Waals surface area contributed by atoms with Gasteiger partial charge in [0.1, 0.15) is 12.1 Å². The molecule has 1 saturated heterocycles. The zero-order valence-electron chi connectivity index (χ0n) is 21.4. The van der Waals surface area contributed by atoms with Gasteiger partial charge in [0.15, 0.2) is 12.2 Å². The van der Waals surface area contributed by atoms with Crippen LogP contribution in [-0.2, 0) is 22.7 Å². The summed E-state index contributed by atoms with van der Waals surface area (Å²) in [6.45, 7) is 7.09. The Hall–Kier alpha value is -3.94. The quantitative estimate of drug-likeness (QED) is 0.530. The molecular formula is C29H32N4O4. The molecule has 3 amide bonds. The second-order valence-corrected chi connectivity index (χ2v) is 10.2. The van der Waals surface area contributed by atoms with E-state index in [1.165, 1.54) is 6.39 Å². The van der Waals surface area contributed by atoms with Crippen LogP contribution >= 0.6 is 0 Å². The molecule has 8 nitrogen and oxygen atoms in total. The Bertz CT molecular complexity index is 1310. The molecular weight excluding hydrogens is 468 g/mol. The number of benzene rings is 2. The Labute approximate surface area is 216 Å². The highest BCUT2D eigenvalue weighted by molar-refractivity contribution is 6.01. The van der Waals surface area contributed by atoms with Crippen LogP contribution in [0, 0.1) is 12.8 Å². The molecule has 0 aliphatic carbocycles. The number of carbonyl (C=O) groups excluding carboxylic acids is 3. The Morgan fingerprint density at radius 3 is 2.57 bits per heavy atom. The zero-order chi connectivity index (χ0) is 26.1. The summed E-state index contributed by atoms with van der Waals surface area (Å²) < 4.78 is 5.45. The highest BCUT2D eigenvalue weighted by Crippen LogP contribution is 2.30. The number of fused-ring (bicyclic) bond motifs is 1. The standard InChI is InChI=1S/C29H32N4O4/c1-18(2)25(33-16-22-7-4-5-8-23(22)28(33)35)29(36)32-14-6-9-24(32)27(34)30-15-20-10-12-21(13-11-20)26-19(3)31-17-37-26/h4-5,7-8,10-13,17-18,24-25H,6,9,14-16H2,1-3H3,(H,30,34). The van der Waals surface area contributed by atoms with E-state index in [0.29, 0.717) is 31.6 Å². The SMILES string of the molecule is Cc1ncoc1-c1ccc(CNC(=O)C2CCCN2C(=O)C(C(C)C)N2Cc3ccccc3C2=O)cc1. The summed E-state index contributed by atoms with van der Waals surface area (Å²) in [5.74, 6) is 0.212. The topological polar surface area (TPSA) is 95.8 Å². The van der Waals surface area contributed by atoms with Crippen molar-refractivity contribution in [3.63, 3.8) is 0 Å². The van der Waals surface area contributed by atoms with Gasteiger partial charge >= 0.3 is 0 Å². The second-order valence-electron chi connectivity index (χ2n) is 10.2. The first-order chi connectivity index (χ1) is 17.8. The van der Waals surface area contributed by atoms with E-state index in [-0.39, 0.29) is 23.6 Å². The zero-order valence-corrected chi connectivity index (χ0v) is 21.4. The largest absolute Gasteiger partial charge is 0.443 e. The molecule has 1 aromatic heterocycles. The van der Waals surface area contributed by atoms with Crippen molar-refractivity contribution in [2.45, 2.75) is 58.8 Å².